The lowest BCUT2D eigenvalue weighted by Gasteiger charge is -2.43. The van der Waals surface area contributed by atoms with Crippen LogP contribution in [0.15, 0.2) is 11.8 Å². The van der Waals surface area contributed by atoms with Gasteiger partial charge >= 0.3 is 0 Å². The van der Waals surface area contributed by atoms with Crippen LogP contribution in [0.5, 0.6) is 0 Å². The normalized spacial score (nSPS) is 39.1. The third kappa shape index (κ3) is 3.45. The molecule has 1 spiro atoms. The van der Waals surface area contributed by atoms with Crippen molar-refractivity contribution in [2.45, 2.75) is 126 Å². The minimum Gasteiger partial charge on any atom is -0.491 e. The topological polar surface area (TPSA) is 9.23 Å². The van der Waals surface area contributed by atoms with E-state index in [1.165, 1.54) is 63.5 Å². The molecule has 0 aromatic heterocycles. The number of unbranched alkanes of at least 4 members (excludes halogenated alkanes) is 2. The first-order valence-electron chi connectivity index (χ1n) is 13.8. The molecule has 0 saturated heterocycles. The van der Waals surface area contributed by atoms with Gasteiger partial charge < -0.3 is 4.74 Å². The van der Waals surface area contributed by atoms with E-state index >= 15 is 0 Å². The highest BCUT2D eigenvalue weighted by Gasteiger charge is 2.84. The third-order valence-electron chi connectivity index (χ3n) is 11.0. The van der Waals surface area contributed by atoms with Crippen LogP contribution in [0.4, 0.5) is 0 Å². The van der Waals surface area contributed by atoms with Crippen LogP contribution in [0.25, 0.3) is 0 Å². The molecular weight excluding hydrogens is 376 g/mol. The van der Waals surface area contributed by atoms with Crippen molar-refractivity contribution in [2.75, 3.05) is 0 Å². The largest absolute Gasteiger partial charge is 0.491 e. The standard InChI is InChI=1S/C30H52O/c1-10-11-12-17-24(31-29(9,20(2)3)22-15-13-14-16-22)23-18-21-19-30(23)26(28(30,7)8)25(21)27(4,5)6/h17,20-23,25-26H,10-16,18-19H2,1-9H3/b24-17-. The Morgan fingerprint density at radius 3 is 2.29 bits per heavy atom. The molecule has 0 aromatic rings. The highest BCUT2D eigenvalue weighted by molar-refractivity contribution is 5.35. The Balaban J connectivity index is 1.65. The molecule has 0 heterocycles. The molecule has 1 heteroatoms. The summed E-state index contributed by atoms with van der Waals surface area (Å²) in [5.74, 6) is 6.04. The van der Waals surface area contributed by atoms with Crippen LogP contribution in [-0.2, 0) is 4.74 Å². The molecule has 0 N–H and O–H groups in total. The monoisotopic (exact) mass is 428 g/mol. The maximum atomic E-state index is 7.33. The van der Waals surface area contributed by atoms with Gasteiger partial charge in [0.15, 0.2) is 0 Å². The first-order chi connectivity index (χ1) is 14.4. The zero-order valence-electron chi connectivity index (χ0n) is 22.3. The molecule has 4 rings (SSSR count). The Kier molecular flexibility index (Phi) is 5.96. The third-order valence-corrected chi connectivity index (χ3v) is 11.0. The Hall–Kier alpha value is -0.460. The van der Waals surface area contributed by atoms with Gasteiger partial charge in [0.25, 0.3) is 0 Å². The second kappa shape index (κ2) is 7.80. The first-order valence-corrected chi connectivity index (χ1v) is 13.8. The summed E-state index contributed by atoms with van der Waals surface area (Å²) in [6, 6.07) is 0. The van der Waals surface area contributed by atoms with Gasteiger partial charge in [-0.1, -0.05) is 74.7 Å². The molecule has 6 unspecified atom stereocenters. The van der Waals surface area contributed by atoms with Gasteiger partial charge in [-0.25, -0.2) is 0 Å². The number of hydrogen-bond acceptors (Lipinski definition) is 1. The Morgan fingerprint density at radius 1 is 1.10 bits per heavy atom. The summed E-state index contributed by atoms with van der Waals surface area (Å²) in [6.07, 6.45) is 14.6. The van der Waals surface area contributed by atoms with Crippen molar-refractivity contribution in [1.29, 1.82) is 0 Å². The Labute approximate surface area is 194 Å². The van der Waals surface area contributed by atoms with E-state index < -0.39 is 0 Å². The molecule has 0 radical (unpaired) electrons. The van der Waals surface area contributed by atoms with Gasteiger partial charge in [0, 0.05) is 5.92 Å². The van der Waals surface area contributed by atoms with Crippen LogP contribution in [0.2, 0.25) is 0 Å². The van der Waals surface area contributed by atoms with Crippen molar-refractivity contribution in [3.63, 3.8) is 0 Å². The molecular formula is C30H52O. The second-order valence-electron chi connectivity index (χ2n) is 14.1. The lowest BCUT2D eigenvalue weighted by molar-refractivity contribution is -0.0831. The van der Waals surface area contributed by atoms with Crippen molar-refractivity contribution in [2.24, 2.45) is 51.8 Å². The number of ether oxygens (including phenoxy) is 1. The molecule has 0 aliphatic heterocycles. The molecule has 2 bridgehead atoms. The lowest BCUT2D eigenvalue weighted by Crippen LogP contribution is -2.43. The van der Waals surface area contributed by atoms with Crippen LogP contribution >= 0.6 is 0 Å². The first kappa shape index (κ1) is 23.7. The molecule has 0 amide bonds. The quantitative estimate of drug-likeness (QED) is 0.277. The van der Waals surface area contributed by atoms with Crippen LogP contribution in [0.1, 0.15) is 120 Å². The van der Waals surface area contributed by atoms with Crippen molar-refractivity contribution in [1.82, 2.24) is 0 Å². The SMILES string of the molecule is CCCC/C=C(\OC(C)(C(C)C)C1CCCC1)C1CC2CC13C(C2C(C)(C)C)C3(C)C. The zero-order valence-corrected chi connectivity index (χ0v) is 22.3. The number of hydrogen-bond donors (Lipinski definition) is 0. The van der Waals surface area contributed by atoms with Gasteiger partial charge in [0.2, 0.25) is 0 Å². The lowest BCUT2D eigenvalue weighted by atomic mass is 9.68. The van der Waals surface area contributed by atoms with E-state index in [1.807, 2.05) is 0 Å². The predicted octanol–water partition coefficient (Wildman–Crippen LogP) is 9.03. The van der Waals surface area contributed by atoms with E-state index in [-0.39, 0.29) is 5.60 Å². The van der Waals surface area contributed by atoms with E-state index in [0.717, 1.165) is 23.7 Å². The van der Waals surface area contributed by atoms with Crippen LogP contribution in [0, 0.1) is 51.8 Å². The number of rotatable bonds is 8. The summed E-state index contributed by atoms with van der Waals surface area (Å²) in [7, 11) is 0. The molecule has 4 saturated carbocycles. The average molecular weight is 429 g/mol. The average Bonchev–Trinajstić information content (AvgIpc) is 3.24. The molecule has 31 heavy (non-hydrogen) atoms. The van der Waals surface area contributed by atoms with Crippen LogP contribution in [-0.4, -0.2) is 5.60 Å². The Bertz CT molecular complexity index is 688. The molecule has 0 aromatic carbocycles. The molecule has 6 atom stereocenters. The van der Waals surface area contributed by atoms with Gasteiger partial charge in [-0.3, -0.25) is 0 Å². The molecule has 1 nitrogen and oxygen atoms in total. The van der Waals surface area contributed by atoms with Crippen molar-refractivity contribution >= 4 is 0 Å². The van der Waals surface area contributed by atoms with Crippen molar-refractivity contribution < 1.29 is 4.74 Å². The molecule has 4 fully saturated rings. The summed E-state index contributed by atoms with van der Waals surface area (Å²) in [5, 5.41) is 0. The van der Waals surface area contributed by atoms with Gasteiger partial charge in [-0.2, -0.15) is 0 Å². The van der Waals surface area contributed by atoms with E-state index in [1.54, 1.807) is 0 Å². The van der Waals surface area contributed by atoms with Crippen LogP contribution in [0.3, 0.4) is 0 Å². The minimum absolute atomic E-state index is 0.00895. The van der Waals surface area contributed by atoms with Crippen molar-refractivity contribution in [3.8, 4) is 0 Å². The van der Waals surface area contributed by atoms with Gasteiger partial charge in [0.05, 0.1) is 5.76 Å². The highest BCUT2D eigenvalue weighted by atomic mass is 16.5. The van der Waals surface area contributed by atoms with Crippen LogP contribution < -0.4 is 0 Å². The van der Waals surface area contributed by atoms with E-state index in [9.17, 15) is 0 Å². The van der Waals surface area contributed by atoms with Gasteiger partial charge in [-0.05, 0) is 97.4 Å². The zero-order chi connectivity index (χ0) is 22.8. The second-order valence-corrected chi connectivity index (χ2v) is 14.1. The fraction of sp³-hybridized carbons (Fsp3) is 0.933. The fourth-order valence-corrected chi connectivity index (χ4v) is 9.18. The minimum atomic E-state index is -0.00895. The maximum absolute atomic E-state index is 7.33. The molecule has 4 aliphatic carbocycles. The van der Waals surface area contributed by atoms with Gasteiger partial charge in [-0.15, -0.1) is 0 Å². The Morgan fingerprint density at radius 2 is 1.74 bits per heavy atom. The summed E-state index contributed by atoms with van der Waals surface area (Å²) in [5.41, 5.74) is 1.39. The van der Waals surface area contributed by atoms with E-state index in [0.29, 0.717) is 28.1 Å². The fourth-order valence-electron chi connectivity index (χ4n) is 9.18. The summed E-state index contributed by atoms with van der Waals surface area (Å²) in [4.78, 5) is 0. The summed E-state index contributed by atoms with van der Waals surface area (Å²) < 4.78 is 7.33. The number of fused-ring (bicyclic) bond motifs is 1. The highest BCUT2D eigenvalue weighted by Crippen LogP contribution is 2.89. The summed E-state index contributed by atoms with van der Waals surface area (Å²) >= 11 is 0. The van der Waals surface area contributed by atoms with Crippen molar-refractivity contribution in [3.05, 3.63) is 11.8 Å². The predicted molar refractivity (Wildman–Crippen MR) is 133 cm³/mol. The smallest absolute Gasteiger partial charge is 0.111 e. The van der Waals surface area contributed by atoms with E-state index in [4.69, 9.17) is 4.74 Å². The maximum Gasteiger partial charge on any atom is 0.111 e. The number of allylic oxidation sites excluding steroid dienone is 2. The molecule has 178 valence electrons. The molecule has 4 aliphatic rings. The van der Waals surface area contributed by atoms with Gasteiger partial charge in [0.1, 0.15) is 5.60 Å². The van der Waals surface area contributed by atoms with E-state index in [2.05, 4.69) is 68.4 Å². The summed E-state index contributed by atoms with van der Waals surface area (Å²) in [6.45, 7) is 22.3.